The Balaban J connectivity index is 1.27. The van der Waals surface area contributed by atoms with Gasteiger partial charge in [0.1, 0.15) is 17.9 Å². The smallest absolute Gasteiger partial charge is 0.220 e. The predicted molar refractivity (Wildman–Crippen MR) is 166 cm³/mol. The molecule has 4 atom stereocenters. The number of benzene rings is 2. The SMILES string of the molecule is COc1cccc([C@]23CC[N@+](CC(C)C)(CC4CC4)CC2(O)CC[C@@H](NC(=O)CCCCCc2ccccc2)C3)c1. The van der Waals surface area contributed by atoms with Crippen molar-refractivity contribution in [2.45, 2.75) is 102 Å². The van der Waals surface area contributed by atoms with Gasteiger partial charge in [-0.2, -0.15) is 0 Å². The number of methoxy groups -OCH3 is 1. The molecule has 1 amide bonds. The first kappa shape index (κ1) is 30.1. The summed E-state index contributed by atoms with van der Waals surface area (Å²) in [6.45, 7) is 8.91. The van der Waals surface area contributed by atoms with E-state index in [-0.39, 0.29) is 17.4 Å². The number of piperidine rings is 1. The molecule has 0 spiro atoms. The Kier molecular flexibility index (Phi) is 9.45. The van der Waals surface area contributed by atoms with E-state index >= 15 is 0 Å². The average Bonchev–Trinajstić information content (AvgIpc) is 3.77. The van der Waals surface area contributed by atoms with Crippen LogP contribution in [0.15, 0.2) is 54.6 Å². The van der Waals surface area contributed by atoms with E-state index < -0.39 is 5.60 Å². The van der Waals surface area contributed by atoms with E-state index in [1.54, 1.807) is 7.11 Å². The van der Waals surface area contributed by atoms with Crippen LogP contribution in [0.5, 0.6) is 5.75 Å². The molecule has 0 aromatic heterocycles. The molecule has 2 aromatic carbocycles. The van der Waals surface area contributed by atoms with Crippen molar-refractivity contribution in [3.8, 4) is 5.75 Å². The third-order valence-electron chi connectivity index (χ3n) is 10.3. The van der Waals surface area contributed by atoms with E-state index in [0.29, 0.717) is 12.3 Å². The van der Waals surface area contributed by atoms with Crippen LogP contribution < -0.4 is 10.1 Å². The van der Waals surface area contributed by atoms with Crippen LogP contribution in [-0.2, 0) is 16.6 Å². The highest BCUT2D eigenvalue weighted by molar-refractivity contribution is 5.76. The van der Waals surface area contributed by atoms with Gasteiger partial charge in [-0.15, -0.1) is 0 Å². The number of nitrogens with zero attached hydrogens (tertiary/aromatic N) is 1. The summed E-state index contributed by atoms with van der Waals surface area (Å²) in [6, 6.07) is 19.1. The topological polar surface area (TPSA) is 58.6 Å². The van der Waals surface area contributed by atoms with Gasteiger partial charge in [-0.3, -0.25) is 4.79 Å². The van der Waals surface area contributed by atoms with Crippen LogP contribution in [0.3, 0.4) is 0 Å². The van der Waals surface area contributed by atoms with Crippen molar-refractivity contribution in [3.05, 3.63) is 65.7 Å². The molecule has 2 saturated carbocycles. The number of fused-ring (bicyclic) bond motifs is 1. The molecular formula is C36H53N2O3+. The average molecular weight is 562 g/mol. The minimum absolute atomic E-state index is 0.0897. The highest BCUT2D eigenvalue weighted by atomic mass is 16.5. The Bertz CT molecular complexity index is 1140. The zero-order valence-corrected chi connectivity index (χ0v) is 25.7. The lowest BCUT2D eigenvalue weighted by Crippen LogP contribution is -2.73. The van der Waals surface area contributed by atoms with Crippen LogP contribution in [0.25, 0.3) is 0 Å². The minimum atomic E-state index is -0.792. The number of carbonyl (C=O) groups is 1. The summed E-state index contributed by atoms with van der Waals surface area (Å²) in [7, 11) is 1.72. The number of ether oxygens (including phenoxy) is 1. The number of hydrogen-bond donors (Lipinski definition) is 2. The molecule has 2 aromatic rings. The summed E-state index contributed by atoms with van der Waals surface area (Å²) in [5.74, 6) is 2.43. The summed E-state index contributed by atoms with van der Waals surface area (Å²) < 4.78 is 6.68. The number of aryl methyl sites for hydroxylation is 1. The van der Waals surface area contributed by atoms with Crippen LogP contribution in [0.2, 0.25) is 0 Å². The first-order chi connectivity index (χ1) is 19.7. The zero-order chi connectivity index (χ0) is 28.9. The molecule has 1 heterocycles. The van der Waals surface area contributed by atoms with Gasteiger partial charge in [0, 0.05) is 36.1 Å². The van der Waals surface area contributed by atoms with E-state index in [2.05, 4.69) is 67.7 Å². The molecule has 0 bridgehead atoms. The second-order valence-electron chi connectivity index (χ2n) is 14.1. The van der Waals surface area contributed by atoms with Crippen molar-refractivity contribution >= 4 is 5.91 Å². The van der Waals surface area contributed by atoms with Crippen LogP contribution in [-0.4, -0.2) is 60.4 Å². The number of nitrogens with one attached hydrogen (secondary N) is 1. The fourth-order valence-corrected chi connectivity index (χ4v) is 8.31. The van der Waals surface area contributed by atoms with Crippen molar-refractivity contribution in [3.63, 3.8) is 0 Å². The van der Waals surface area contributed by atoms with Gasteiger partial charge in [0.2, 0.25) is 5.91 Å². The van der Waals surface area contributed by atoms with Crippen LogP contribution >= 0.6 is 0 Å². The number of rotatable bonds is 13. The van der Waals surface area contributed by atoms with Gasteiger partial charge in [-0.1, -0.05) is 62.7 Å². The molecule has 41 heavy (non-hydrogen) atoms. The van der Waals surface area contributed by atoms with Crippen LogP contribution in [0, 0.1) is 11.8 Å². The van der Waals surface area contributed by atoms with Gasteiger partial charge in [-0.25, -0.2) is 0 Å². The number of likely N-dealkylation sites (tertiary alicyclic amines) is 1. The standard InChI is InChI=1S/C36H52N2O3/c1-28(2)25-38(26-30-17-18-30)22-21-35(31-14-10-15-33(23-31)41-3)24-32(19-20-36(35,40)27-38)37-34(39)16-9-5-8-13-29-11-6-4-7-12-29/h4,6-7,10-12,14-15,23,28,30,32,40H,5,8-9,13,16-22,24-27H2,1-3H3/p+1/t32-,35-,36?,38+/m1/s1. The molecule has 1 unspecified atom stereocenters. The predicted octanol–water partition coefficient (Wildman–Crippen LogP) is 6.42. The Labute approximate surface area is 248 Å². The Morgan fingerprint density at radius 3 is 2.59 bits per heavy atom. The Morgan fingerprint density at radius 2 is 1.85 bits per heavy atom. The maximum absolute atomic E-state index is 13.1. The van der Waals surface area contributed by atoms with E-state index in [4.69, 9.17) is 4.74 Å². The minimum Gasteiger partial charge on any atom is -0.497 e. The number of aliphatic hydroxyl groups is 1. The second kappa shape index (κ2) is 12.9. The van der Waals surface area contributed by atoms with Crippen molar-refractivity contribution < 1.29 is 19.1 Å². The Hall–Kier alpha value is -2.37. The molecular weight excluding hydrogens is 508 g/mol. The maximum atomic E-state index is 13.1. The van der Waals surface area contributed by atoms with Gasteiger partial charge in [0.05, 0.1) is 26.7 Å². The molecule has 3 aliphatic rings. The molecule has 5 rings (SSSR count). The summed E-state index contributed by atoms with van der Waals surface area (Å²) in [6.07, 6.45) is 10.8. The lowest BCUT2D eigenvalue weighted by atomic mass is 9.54. The molecule has 1 aliphatic heterocycles. The number of amides is 1. The molecule has 1 saturated heterocycles. The van der Waals surface area contributed by atoms with Gasteiger partial charge in [0.25, 0.3) is 0 Å². The molecule has 3 fully saturated rings. The fraction of sp³-hybridized carbons (Fsp3) is 0.639. The van der Waals surface area contributed by atoms with E-state index in [9.17, 15) is 9.90 Å². The van der Waals surface area contributed by atoms with Crippen molar-refractivity contribution in [1.82, 2.24) is 5.32 Å². The van der Waals surface area contributed by atoms with Gasteiger partial charge >= 0.3 is 0 Å². The summed E-state index contributed by atoms with van der Waals surface area (Å²) in [5, 5.41) is 16.1. The highest BCUT2D eigenvalue weighted by Crippen LogP contribution is 2.54. The van der Waals surface area contributed by atoms with Crippen LogP contribution in [0.4, 0.5) is 0 Å². The summed E-state index contributed by atoms with van der Waals surface area (Å²) >= 11 is 0. The van der Waals surface area contributed by atoms with Crippen molar-refractivity contribution in [2.24, 2.45) is 11.8 Å². The number of quaternary nitrogens is 1. The molecule has 2 aliphatic carbocycles. The highest BCUT2D eigenvalue weighted by Gasteiger charge is 2.62. The van der Waals surface area contributed by atoms with Crippen molar-refractivity contribution in [2.75, 3.05) is 33.3 Å². The lowest BCUT2D eigenvalue weighted by Gasteiger charge is -2.61. The van der Waals surface area contributed by atoms with E-state index in [0.717, 1.165) is 87.2 Å². The quantitative estimate of drug-likeness (QED) is 0.219. The monoisotopic (exact) mass is 561 g/mol. The van der Waals surface area contributed by atoms with E-state index in [1.165, 1.54) is 30.5 Å². The second-order valence-corrected chi connectivity index (χ2v) is 14.1. The van der Waals surface area contributed by atoms with Crippen molar-refractivity contribution in [1.29, 1.82) is 0 Å². The zero-order valence-electron chi connectivity index (χ0n) is 25.7. The fourth-order valence-electron chi connectivity index (χ4n) is 8.31. The molecule has 224 valence electrons. The normalized spacial score (nSPS) is 29.6. The maximum Gasteiger partial charge on any atom is 0.220 e. The largest absolute Gasteiger partial charge is 0.497 e. The Morgan fingerprint density at radius 1 is 1.05 bits per heavy atom. The number of unbranched alkanes of at least 4 members (excludes halogenated alkanes) is 2. The van der Waals surface area contributed by atoms with Gasteiger partial charge < -0.3 is 19.6 Å². The third-order valence-corrected chi connectivity index (χ3v) is 10.3. The summed E-state index contributed by atoms with van der Waals surface area (Å²) in [4.78, 5) is 13.1. The first-order valence-electron chi connectivity index (χ1n) is 16.3. The number of hydrogen-bond acceptors (Lipinski definition) is 3. The van der Waals surface area contributed by atoms with E-state index in [1.807, 2.05) is 6.07 Å². The molecule has 0 radical (unpaired) electrons. The van der Waals surface area contributed by atoms with Crippen LogP contribution in [0.1, 0.15) is 89.2 Å². The third kappa shape index (κ3) is 7.17. The number of carbonyl (C=O) groups excluding carboxylic acids is 1. The summed E-state index contributed by atoms with van der Waals surface area (Å²) in [5.41, 5.74) is 1.37. The molecule has 2 N–H and O–H groups in total. The van der Waals surface area contributed by atoms with Gasteiger partial charge in [0.15, 0.2) is 0 Å². The van der Waals surface area contributed by atoms with Gasteiger partial charge in [-0.05, 0) is 74.6 Å². The first-order valence-corrected chi connectivity index (χ1v) is 16.3. The lowest BCUT2D eigenvalue weighted by molar-refractivity contribution is -0.945. The molecule has 5 nitrogen and oxygen atoms in total. The molecule has 5 heteroatoms.